The van der Waals surface area contributed by atoms with Crippen LogP contribution in [0.4, 0.5) is 19.9 Å². The van der Waals surface area contributed by atoms with Crippen molar-refractivity contribution in [3.05, 3.63) is 43.6 Å². The molecule has 11 heteroatoms. The largest absolute Gasteiger partial charge is 0.444 e. The molecule has 0 aliphatic carbocycles. The number of carbonyl (C=O) groups excluding carboxylic acids is 3. The van der Waals surface area contributed by atoms with E-state index in [0.29, 0.717) is 53.5 Å². The Balaban J connectivity index is 1.64. The van der Waals surface area contributed by atoms with Crippen LogP contribution in [0.15, 0.2) is 18.2 Å². The maximum atomic E-state index is 14.7. The number of rotatable bonds is 4. The first kappa shape index (κ1) is 28.6. The Labute approximate surface area is 240 Å². The van der Waals surface area contributed by atoms with Crippen LogP contribution < -0.4 is 16.0 Å². The molecule has 0 saturated carbocycles. The number of anilines is 2. The Morgan fingerprint density at radius 2 is 2.03 bits per heavy atom. The fourth-order valence-electron chi connectivity index (χ4n) is 4.64. The number of fused-ring (bicyclic) bond motifs is 1. The first-order valence-electron chi connectivity index (χ1n) is 12.7. The van der Waals surface area contributed by atoms with Crippen molar-refractivity contribution in [2.75, 3.05) is 25.0 Å². The molecular formula is C27H34FIN4O4S. The SMILES string of the molecule is CC1(C)CNC(=O)c2sc(Nc3ccc(I)cc3F)c(C(=O)NC3CCCN(C(=O)OC(C)(C)C)C3)c2C1. The third-order valence-electron chi connectivity index (χ3n) is 6.41. The number of hydrogen-bond donors (Lipinski definition) is 3. The summed E-state index contributed by atoms with van der Waals surface area (Å²) in [5.41, 5.74) is 0.341. The van der Waals surface area contributed by atoms with Crippen LogP contribution in [0.25, 0.3) is 0 Å². The molecule has 0 spiro atoms. The highest BCUT2D eigenvalue weighted by molar-refractivity contribution is 14.1. The number of likely N-dealkylation sites (tertiary alicyclic amines) is 1. The van der Waals surface area contributed by atoms with Crippen LogP contribution in [0.3, 0.4) is 0 Å². The van der Waals surface area contributed by atoms with Crippen LogP contribution in [0.1, 0.15) is 73.1 Å². The van der Waals surface area contributed by atoms with Crippen LogP contribution >= 0.6 is 33.9 Å². The number of halogens is 2. The Morgan fingerprint density at radius 3 is 2.71 bits per heavy atom. The van der Waals surface area contributed by atoms with E-state index in [2.05, 4.69) is 16.0 Å². The van der Waals surface area contributed by atoms with E-state index in [1.54, 1.807) is 17.0 Å². The number of amides is 3. The Hall–Kier alpha value is -2.41. The fourth-order valence-corrected chi connectivity index (χ4v) is 6.24. The van der Waals surface area contributed by atoms with Gasteiger partial charge in [0.05, 0.1) is 16.1 Å². The van der Waals surface area contributed by atoms with Crippen molar-refractivity contribution < 1.29 is 23.5 Å². The number of ether oxygens (including phenoxy) is 1. The second kappa shape index (κ2) is 11.0. The number of benzene rings is 1. The van der Waals surface area contributed by atoms with Crippen LogP contribution in [-0.4, -0.2) is 54.1 Å². The summed E-state index contributed by atoms with van der Waals surface area (Å²) < 4.78 is 21.0. The van der Waals surface area contributed by atoms with E-state index in [9.17, 15) is 18.8 Å². The third kappa shape index (κ3) is 6.77. The molecule has 38 heavy (non-hydrogen) atoms. The number of piperidine rings is 1. The van der Waals surface area contributed by atoms with Crippen molar-refractivity contribution >= 4 is 62.5 Å². The molecule has 1 unspecified atom stereocenters. The van der Waals surface area contributed by atoms with Crippen molar-refractivity contribution in [2.45, 2.75) is 65.5 Å². The summed E-state index contributed by atoms with van der Waals surface area (Å²) in [4.78, 5) is 41.5. The van der Waals surface area contributed by atoms with Gasteiger partial charge in [0.25, 0.3) is 11.8 Å². The van der Waals surface area contributed by atoms with E-state index in [1.807, 2.05) is 57.2 Å². The predicted molar refractivity (Wildman–Crippen MR) is 155 cm³/mol. The zero-order chi connectivity index (χ0) is 27.8. The van der Waals surface area contributed by atoms with Gasteiger partial charge in [0.15, 0.2) is 0 Å². The molecule has 3 amide bonds. The van der Waals surface area contributed by atoms with Gasteiger partial charge in [-0.3, -0.25) is 9.59 Å². The maximum Gasteiger partial charge on any atom is 0.410 e. The summed E-state index contributed by atoms with van der Waals surface area (Å²) in [5, 5.41) is 9.53. The predicted octanol–water partition coefficient (Wildman–Crippen LogP) is 5.68. The normalized spacial score (nSPS) is 19.2. The highest BCUT2D eigenvalue weighted by Gasteiger charge is 2.36. The fraction of sp³-hybridized carbons (Fsp3) is 0.519. The molecule has 0 bridgehead atoms. The summed E-state index contributed by atoms with van der Waals surface area (Å²) in [6.07, 6.45) is 1.53. The second-order valence-corrected chi connectivity index (χ2v) is 13.9. The zero-order valence-electron chi connectivity index (χ0n) is 22.3. The van der Waals surface area contributed by atoms with Crippen molar-refractivity contribution in [1.29, 1.82) is 0 Å². The van der Waals surface area contributed by atoms with E-state index in [1.165, 1.54) is 6.07 Å². The van der Waals surface area contributed by atoms with Crippen molar-refractivity contribution in [3.8, 4) is 0 Å². The average molecular weight is 657 g/mol. The Bertz CT molecular complexity index is 1260. The molecule has 2 aliphatic rings. The number of carbonyl (C=O) groups is 3. The molecule has 8 nitrogen and oxygen atoms in total. The first-order valence-corrected chi connectivity index (χ1v) is 14.6. The summed E-state index contributed by atoms with van der Waals surface area (Å²) in [6, 6.07) is 4.51. The molecule has 1 atom stereocenters. The minimum atomic E-state index is -0.611. The smallest absolute Gasteiger partial charge is 0.410 e. The molecule has 3 N–H and O–H groups in total. The molecule has 1 aromatic heterocycles. The van der Waals surface area contributed by atoms with Crippen molar-refractivity contribution in [1.82, 2.24) is 15.5 Å². The molecule has 1 saturated heterocycles. The van der Waals surface area contributed by atoms with E-state index in [4.69, 9.17) is 4.74 Å². The standard InChI is InChI=1S/C27H34FIN4O4S/c1-26(2,3)37-25(36)33-10-6-7-16(13-33)31-22(34)20-17-12-27(4,5)14-30-23(35)21(17)38-24(20)32-19-9-8-15(29)11-18(19)28/h8-9,11,16,32H,6-7,10,12-14H2,1-5H3,(H,30,35)(H,31,34). The third-order valence-corrected chi connectivity index (χ3v) is 8.23. The van der Waals surface area contributed by atoms with Gasteiger partial charge in [0.2, 0.25) is 0 Å². The van der Waals surface area contributed by atoms with Gasteiger partial charge in [-0.2, -0.15) is 0 Å². The van der Waals surface area contributed by atoms with E-state index in [0.717, 1.165) is 21.3 Å². The minimum absolute atomic E-state index is 0.226. The number of hydrogen-bond acceptors (Lipinski definition) is 6. The highest BCUT2D eigenvalue weighted by Crippen LogP contribution is 2.40. The molecule has 0 radical (unpaired) electrons. The van der Waals surface area contributed by atoms with Crippen LogP contribution in [0.5, 0.6) is 0 Å². The number of nitrogens with zero attached hydrogens (tertiary/aromatic N) is 1. The summed E-state index contributed by atoms with van der Waals surface area (Å²) in [6.45, 7) is 10.9. The van der Waals surface area contributed by atoms with Crippen LogP contribution in [0, 0.1) is 14.8 Å². The molecule has 1 aromatic carbocycles. The minimum Gasteiger partial charge on any atom is -0.444 e. The number of thiophene rings is 1. The topological polar surface area (TPSA) is 99.8 Å². The molecule has 2 aliphatic heterocycles. The average Bonchev–Trinajstić information content (AvgIpc) is 3.10. The lowest BCUT2D eigenvalue weighted by atomic mass is 9.85. The molecule has 3 heterocycles. The van der Waals surface area contributed by atoms with Crippen molar-refractivity contribution in [3.63, 3.8) is 0 Å². The first-order chi connectivity index (χ1) is 17.7. The highest BCUT2D eigenvalue weighted by atomic mass is 127. The lowest BCUT2D eigenvalue weighted by molar-refractivity contribution is 0.0185. The number of nitrogens with one attached hydrogen (secondary N) is 3. The lowest BCUT2D eigenvalue weighted by Crippen LogP contribution is -2.50. The molecule has 4 rings (SSSR count). The van der Waals surface area contributed by atoms with Gasteiger partial charge in [-0.1, -0.05) is 13.8 Å². The second-order valence-electron chi connectivity index (χ2n) is 11.6. The monoisotopic (exact) mass is 656 g/mol. The van der Waals surface area contributed by atoms with Gasteiger partial charge in [-0.05, 0) is 91.8 Å². The van der Waals surface area contributed by atoms with E-state index in [-0.39, 0.29) is 29.0 Å². The Kier molecular flexibility index (Phi) is 8.27. The summed E-state index contributed by atoms with van der Waals surface area (Å²) in [7, 11) is 0. The van der Waals surface area contributed by atoms with Gasteiger partial charge in [-0.25, -0.2) is 9.18 Å². The molecule has 2 aromatic rings. The Morgan fingerprint density at radius 1 is 1.29 bits per heavy atom. The van der Waals surface area contributed by atoms with Gasteiger partial charge >= 0.3 is 6.09 Å². The summed E-state index contributed by atoms with van der Waals surface area (Å²) in [5.74, 6) is -1.04. The molecular weight excluding hydrogens is 622 g/mol. The van der Waals surface area contributed by atoms with Gasteiger partial charge in [0.1, 0.15) is 16.4 Å². The summed E-state index contributed by atoms with van der Waals surface area (Å²) >= 11 is 3.19. The molecule has 206 valence electrons. The maximum absolute atomic E-state index is 14.7. The van der Waals surface area contributed by atoms with E-state index < -0.39 is 17.5 Å². The molecule has 1 fully saturated rings. The van der Waals surface area contributed by atoms with Crippen LogP contribution in [-0.2, 0) is 11.2 Å². The van der Waals surface area contributed by atoms with Crippen LogP contribution in [0.2, 0.25) is 0 Å². The van der Waals surface area contributed by atoms with Gasteiger partial charge < -0.3 is 25.6 Å². The zero-order valence-corrected chi connectivity index (χ0v) is 25.3. The van der Waals surface area contributed by atoms with Crippen molar-refractivity contribution in [2.24, 2.45) is 5.41 Å². The van der Waals surface area contributed by atoms with Gasteiger partial charge in [-0.15, -0.1) is 11.3 Å². The lowest BCUT2D eigenvalue weighted by Gasteiger charge is -2.34. The van der Waals surface area contributed by atoms with E-state index >= 15 is 0 Å². The quantitative estimate of drug-likeness (QED) is 0.368. The van der Waals surface area contributed by atoms with Gasteiger partial charge in [0, 0.05) is 29.2 Å².